The fourth-order valence-electron chi connectivity index (χ4n) is 1.28. The van der Waals surface area contributed by atoms with Crippen LogP contribution in [0.15, 0.2) is 18.2 Å². The van der Waals surface area contributed by atoms with Crippen LogP contribution in [0.4, 0.5) is 11.4 Å². The van der Waals surface area contributed by atoms with Gasteiger partial charge in [-0.15, -0.1) is 11.6 Å². The molecule has 18 heavy (non-hydrogen) atoms. The summed E-state index contributed by atoms with van der Waals surface area (Å²) in [5.41, 5.74) is 0.176. The van der Waals surface area contributed by atoms with Crippen LogP contribution in [-0.4, -0.2) is 23.3 Å². The molecule has 0 saturated heterocycles. The Morgan fingerprint density at radius 2 is 2.28 bits per heavy atom. The molecule has 1 aromatic rings. The van der Waals surface area contributed by atoms with Crippen molar-refractivity contribution in [2.45, 2.75) is 13.3 Å². The highest BCUT2D eigenvalue weighted by atomic mass is 35.5. The minimum absolute atomic E-state index is 0.108. The van der Waals surface area contributed by atoms with E-state index in [2.05, 4.69) is 5.32 Å². The van der Waals surface area contributed by atoms with Crippen LogP contribution in [0.25, 0.3) is 0 Å². The molecule has 1 amide bonds. The Labute approximate surface area is 109 Å². The standard InChI is InChI=1S/C11H13ClN2O4/c1-8(15)13-10-7-9(14(16)17)3-4-11(10)18-6-2-5-12/h3-4,7H,2,5-6H2,1H3,(H,13,15). The molecular weight excluding hydrogens is 260 g/mol. The molecule has 0 spiro atoms. The number of non-ortho nitro benzene ring substituents is 1. The van der Waals surface area contributed by atoms with Crippen LogP contribution in [-0.2, 0) is 4.79 Å². The third-order valence-electron chi connectivity index (χ3n) is 2.02. The first kappa shape index (κ1) is 14.2. The topological polar surface area (TPSA) is 81.5 Å². The van der Waals surface area contributed by atoms with Crippen molar-refractivity contribution in [2.75, 3.05) is 17.8 Å². The lowest BCUT2D eigenvalue weighted by Gasteiger charge is -2.11. The summed E-state index contributed by atoms with van der Waals surface area (Å²) in [5, 5.41) is 13.1. The Balaban J connectivity index is 2.93. The van der Waals surface area contributed by atoms with Gasteiger partial charge < -0.3 is 10.1 Å². The minimum atomic E-state index is -0.534. The van der Waals surface area contributed by atoms with E-state index in [-0.39, 0.29) is 17.3 Å². The first-order chi connectivity index (χ1) is 8.54. The second-order valence-corrected chi connectivity index (χ2v) is 3.89. The van der Waals surface area contributed by atoms with Gasteiger partial charge in [-0.3, -0.25) is 14.9 Å². The number of nitro groups is 1. The molecule has 0 aromatic heterocycles. The Morgan fingerprint density at radius 3 is 2.83 bits per heavy atom. The lowest BCUT2D eigenvalue weighted by atomic mass is 10.2. The third-order valence-corrected chi connectivity index (χ3v) is 2.29. The highest BCUT2D eigenvalue weighted by molar-refractivity contribution is 6.17. The predicted molar refractivity (Wildman–Crippen MR) is 68.2 cm³/mol. The average Bonchev–Trinajstić information content (AvgIpc) is 2.30. The Kier molecular flexibility index (Phi) is 5.38. The van der Waals surface area contributed by atoms with Crippen molar-refractivity contribution in [3.05, 3.63) is 28.3 Å². The van der Waals surface area contributed by atoms with Gasteiger partial charge in [0.25, 0.3) is 5.69 Å². The molecule has 0 saturated carbocycles. The number of nitro benzene ring substituents is 1. The highest BCUT2D eigenvalue weighted by Crippen LogP contribution is 2.29. The van der Waals surface area contributed by atoms with Gasteiger partial charge in [-0.25, -0.2) is 0 Å². The van der Waals surface area contributed by atoms with Crippen molar-refractivity contribution >= 4 is 28.9 Å². The van der Waals surface area contributed by atoms with Gasteiger partial charge in [0.2, 0.25) is 5.91 Å². The number of halogens is 1. The molecule has 0 bridgehead atoms. The molecule has 1 aromatic carbocycles. The lowest BCUT2D eigenvalue weighted by molar-refractivity contribution is -0.384. The smallest absolute Gasteiger partial charge is 0.271 e. The number of amides is 1. The highest BCUT2D eigenvalue weighted by Gasteiger charge is 2.12. The van der Waals surface area contributed by atoms with Gasteiger partial charge in [-0.1, -0.05) is 0 Å². The van der Waals surface area contributed by atoms with Crippen LogP contribution in [0.1, 0.15) is 13.3 Å². The molecule has 0 heterocycles. The van der Waals surface area contributed by atoms with Gasteiger partial charge in [-0.2, -0.15) is 0 Å². The molecule has 98 valence electrons. The van der Waals surface area contributed by atoms with E-state index in [1.807, 2.05) is 0 Å². The van der Waals surface area contributed by atoms with Gasteiger partial charge >= 0.3 is 0 Å². The average molecular weight is 273 g/mol. The SMILES string of the molecule is CC(=O)Nc1cc([N+](=O)[O-])ccc1OCCCCl. The van der Waals surface area contributed by atoms with Crippen molar-refractivity contribution in [2.24, 2.45) is 0 Å². The van der Waals surface area contributed by atoms with Gasteiger partial charge in [0, 0.05) is 24.9 Å². The largest absolute Gasteiger partial charge is 0.491 e. The number of hydrogen-bond acceptors (Lipinski definition) is 4. The molecule has 0 aliphatic carbocycles. The summed E-state index contributed by atoms with van der Waals surface area (Å²) in [6.45, 7) is 1.70. The van der Waals surface area contributed by atoms with Crippen LogP contribution >= 0.6 is 11.6 Å². The maximum atomic E-state index is 11.0. The summed E-state index contributed by atoms with van der Waals surface area (Å²) in [6.07, 6.45) is 0.651. The number of benzene rings is 1. The molecule has 0 atom stereocenters. The van der Waals surface area contributed by atoms with E-state index >= 15 is 0 Å². The van der Waals surface area contributed by atoms with Gasteiger partial charge in [0.15, 0.2) is 0 Å². The number of carbonyl (C=O) groups excluding carboxylic acids is 1. The Hall–Kier alpha value is -1.82. The van der Waals surface area contributed by atoms with Gasteiger partial charge in [0.1, 0.15) is 5.75 Å². The summed E-state index contributed by atoms with van der Waals surface area (Å²) < 4.78 is 5.39. The van der Waals surface area contributed by atoms with Crippen molar-refractivity contribution in [1.29, 1.82) is 0 Å². The van der Waals surface area contributed by atoms with Crippen LogP contribution < -0.4 is 10.1 Å². The first-order valence-electron chi connectivity index (χ1n) is 5.29. The zero-order valence-corrected chi connectivity index (χ0v) is 10.6. The second kappa shape index (κ2) is 6.80. The number of ether oxygens (including phenoxy) is 1. The number of hydrogen-bond donors (Lipinski definition) is 1. The van der Waals surface area contributed by atoms with Crippen molar-refractivity contribution in [1.82, 2.24) is 0 Å². The number of carbonyl (C=O) groups is 1. The van der Waals surface area contributed by atoms with E-state index in [1.54, 1.807) is 0 Å². The van der Waals surface area contributed by atoms with Gasteiger partial charge in [0.05, 0.1) is 17.2 Å². The molecule has 7 heteroatoms. The molecular formula is C11H13ClN2O4. The maximum Gasteiger partial charge on any atom is 0.271 e. The predicted octanol–water partition coefficient (Wildman–Crippen LogP) is 2.56. The molecule has 1 N–H and O–H groups in total. The normalized spacial score (nSPS) is 9.89. The summed E-state index contributed by atoms with van der Waals surface area (Å²) in [4.78, 5) is 21.1. The molecule has 0 radical (unpaired) electrons. The fraction of sp³-hybridized carbons (Fsp3) is 0.364. The number of nitrogens with zero attached hydrogens (tertiary/aromatic N) is 1. The molecule has 0 aliphatic heterocycles. The number of alkyl halides is 1. The lowest BCUT2D eigenvalue weighted by Crippen LogP contribution is -2.09. The van der Waals surface area contributed by atoms with E-state index in [0.717, 1.165) is 0 Å². The van der Waals surface area contributed by atoms with Crippen molar-refractivity contribution < 1.29 is 14.5 Å². The maximum absolute atomic E-state index is 11.0. The first-order valence-corrected chi connectivity index (χ1v) is 5.83. The van der Waals surface area contributed by atoms with E-state index in [4.69, 9.17) is 16.3 Å². The number of nitrogens with one attached hydrogen (secondary N) is 1. The molecule has 6 nitrogen and oxygen atoms in total. The minimum Gasteiger partial charge on any atom is -0.491 e. The van der Waals surface area contributed by atoms with Crippen molar-refractivity contribution in [3.63, 3.8) is 0 Å². The monoisotopic (exact) mass is 272 g/mol. The molecule has 1 rings (SSSR count). The Morgan fingerprint density at radius 1 is 1.56 bits per heavy atom. The zero-order chi connectivity index (χ0) is 13.5. The zero-order valence-electron chi connectivity index (χ0n) is 9.81. The molecule has 0 aliphatic rings. The number of rotatable bonds is 6. The fourth-order valence-corrected chi connectivity index (χ4v) is 1.39. The van der Waals surface area contributed by atoms with E-state index in [1.165, 1.54) is 25.1 Å². The summed E-state index contributed by atoms with van der Waals surface area (Å²) >= 11 is 5.52. The summed E-state index contributed by atoms with van der Waals surface area (Å²) in [5.74, 6) is 0.529. The van der Waals surface area contributed by atoms with Crippen LogP contribution in [0.5, 0.6) is 5.75 Å². The third kappa shape index (κ3) is 4.21. The quantitative estimate of drug-likeness (QED) is 0.373. The molecule has 0 unspecified atom stereocenters. The molecule has 0 fully saturated rings. The van der Waals surface area contributed by atoms with E-state index in [0.29, 0.717) is 24.7 Å². The number of anilines is 1. The van der Waals surface area contributed by atoms with Crippen LogP contribution in [0.2, 0.25) is 0 Å². The van der Waals surface area contributed by atoms with E-state index < -0.39 is 4.92 Å². The second-order valence-electron chi connectivity index (χ2n) is 3.51. The summed E-state index contributed by atoms with van der Waals surface area (Å²) in [6, 6.07) is 4.04. The van der Waals surface area contributed by atoms with Crippen LogP contribution in [0, 0.1) is 10.1 Å². The summed E-state index contributed by atoms with van der Waals surface area (Å²) in [7, 11) is 0. The Bertz CT molecular complexity index is 451. The van der Waals surface area contributed by atoms with Crippen LogP contribution in [0.3, 0.4) is 0 Å². The van der Waals surface area contributed by atoms with E-state index in [9.17, 15) is 14.9 Å². The van der Waals surface area contributed by atoms with Gasteiger partial charge in [-0.05, 0) is 12.5 Å². The van der Waals surface area contributed by atoms with Crippen molar-refractivity contribution in [3.8, 4) is 5.75 Å².